The van der Waals surface area contributed by atoms with Gasteiger partial charge in [0.15, 0.2) is 5.82 Å². The number of ether oxygens (including phenoxy) is 1. The Kier molecular flexibility index (Phi) is 4.86. The molecule has 8 nitrogen and oxygen atoms in total. The van der Waals surface area contributed by atoms with Gasteiger partial charge in [-0.2, -0.15) is 4.98 Å². The Hall–Kier alpha value is -2.06. The van der Waals surface area contributed by atoms with Crippen LogP contribution in [-0.2, 0) is 16.1 Å². The van der Waals surface area contributed by atoms with Gasteiger partial charge < -0.3 is 9.64 Å². The summed E-state index contributed by atoms with van der Waals surface area (Å²) in [7, 11) is 1.69. The van der Waals surface area contributed by atoms with Gasteiger partial charge in [-0.15, -0.1) is 5.10 Å². The highest BCUT2D eigenvalue weighted by Crippen LogP contribution is 2.40. The Balaban J connectivity index is 1.35. The van der Waals surface area contributed by atoms with Crippen LogP contribution in [0.25, 0.3) is 5.78 Å². The molecule has 0 saturated carbocycles. The van der Waals surface area contributed by atoms with Gasteiger partial charge in [0.05, 0.1) is 13.2 Å². The summed E-state index contributed by atoms with van der Waals surface area (Å²) >= 11 is 0. The van der Waals surface area contributed by atoms with Crippen molar-refractivity contribution in [3.63, 3.8) is 0 Å². The van der Waals surface area contributed by atoms with Crippen LogP contribution in [0.15, 0.2) is 18.5 Å². The lowest BCUT2D eigenvalue weighted by Crippen LogP contribution is -2.52. The van der Waals surface area contributed by atoms with Gasteiger partial charge in [-0.25, -0.2) is 9.50 Å². The van der Waals surface area contributed by atoms with Gasteiger partial charge in [-0.05, 0) is 43.8 Å². The molecule has 1 spiro atoms. The summed E-state index contributed by atoms with van der Waals surface area (Å²) in [5, 5.41) is 4.50. The highest BCUT2D eigenvalue weighted by atomic mass is 16.5. The summed E-state index contributed by atoms with van der Waals surface area (Å²) in [6, 6.07) is 1.86. The number of hydrogen-bond acceptors (Lipinski definition) is 6. The van der Waals surface area contributed by atoms with Crippen molar-refractivity contribution in [2.45, 2.75) is 32.2 Å². The molecular weight excluding hydrogens is 332 g/mol. The van der Waals surface area contributed by atoms with Gasteiger partial charge in [0.2, 0.25) is 5.91 Å². The van der Waals surface area contributed by atoms with Crippen LogP contribution in [0, 0.1) is 5.41 Å². The largest absolute Gasteiger partial charge is 0.383 e. The van der Waals surface area contributed by atoms with Gasteiger partial charge in [-0.3, -0.25) is 9.69 Å². The van der Waals surface area contributed by atoms with Gasteiger partial charge in [0.25, 0.3) is 5.78 Å². The Labute approximate surface area is 153 Å². The molecule has 0 N–H and O–H groups in total. The van der Waals surface area contributed by atoms with E-state index in [9.17, 15) is 4.79 Å². The topological polar surface area (TPSA) is 75.9 Å². The first-order valence-corrected chi connectivity index (χ1v) is 9.33. The van der Waals surface area contributed by atoms with Crippen molar-refractivity contribution >= 4 is 11.7 Å². The fraction of sp³-hybridized carbons (Fsp3) is 0.667. The average Bonchev–Trinajstić information content (AvgIpc) is 3.07. The molecule has 1 amide bonds. The standard InChI is InChI=1S/C18H26N6O2/c1-26-12-11-23-14-18(4-3-16(23)25)5-9-22(10-6-18)13-15-20-17-19-7-2-8-24(17)21-15/h2,7-8H,3-6,9-14H2,1H3. The second-order valence-electron chi connectivity index (χ2n) is 7.48. The summed E-state index contributed by atoms with van der Waals surface area (Å²) in [5.74, 6) is 1.74. The summed E-state index contributed by atoms with van der Waals surface area (Å²) < 4.78 is 6.88. The second-order valence-corrected chi connectivity index (χ2v) is 7.48. The maximum Gasteiger partial charge on any atom is 0.252 e. The zero-order chi connectivity index (χ0) is 18.0. The molecule has 8 heteroatoms. The summed E-state index contributed by atoms with van der Waals surface area (Å²) in [6.07, 6.45) is 7.53. The number of aromatic nitrogens is 4. The molecule has 2 aliphatic heterocycles. The summed E-state index contributed by atoms with van der Waals surface area (Å²) in [6.45, 7) is 5.00. The predicted octanol–water partition coefficient (Wildman–Crippen LogP) is 0.975. The van der Waals surface area contributed by atoms with Crippen molar-refractivity contribution in [1.29, 1.82) is 0 Å². The number of fused-ring (bicyclic) bond motifs is 1. The van der Waals surface area contributed by atoms with Crippen LogP contribution in [0.5, 0.6) is 0 Å². The Bertz CT molecular complexity index is 735. The van der Waals surface area contributed by atoms with Crippen LogP contribution in [0.2, 0.25) is 0 Å². The van der Waals surface area contributed by atoms with Crippen molar-refractivity contribution in [2.24, 2.45) is 5.41 Å². The Morgan fingerprint density at radius 1 is 1.27 bits per heavy atom. The molecule has 2 fully saturated rings. The molecular formula is C18H26N6O2. The molecule has 0 atom stereocenters. The lowest BCUT2D eigenvalue weighted by Gasteiger charge is -2.47. The van der Waals surface area contributed by atoms with Crippen molar-refractivity contribution in [3.8, 4) is 0 Å². The van der Waals surface area contributed by atoms with E-state index in [-0.39, 0.29) is 11.3 Å². The van der Waals surface area contributed by atoms with Crippen molar-refractivity contribution in [2.75, 3.05) is 39.9 Å². The third-order valence-corrected chi connectivity index (χ3v) is 5.76. The molecule has 2 aromatic heterocycles. The molecule has 4 heterocycles. The molecule has 2 aliphatic rings. The molecule has 2 saturated heterocycles. The highest BCUT2D eigenvalue weighted by Gasteiger charge is 2.40. The van der Waals surface area contributed by atoms with E-state index in [0.717, 1.165) is 51.3 Å². The van der Waals surface area contributed by atoms with Gasteiger partial charge in [-0.1, -0.05) is 0 Å². The van der Waals surface area contributed by atoms with Crippen LogP contribution in [0.1, 0.15) is 31.5 Å². The molecule has 26 heavy (non-hydrogen) atoms. The zero-order valence-electron chi connectivity index (χ0n) is 15.3. The molecule has 2 aromatic rings. The van der Waals surface area contributed by atoms with E-state index < -0.39 is 0 Å². The zero-order valence-corrected chi connectivity index (χ0v) is 15.3. The molecule has 0 aromatic carbocycles. The minimum absolute atomic E-state index is 0.270. The normalized spacial score (nSPS) is 21.0. The Morgan fingerprint density at radius 3 is 2.88 bits per heavy atom. The number of nitrogens with zero attached hydrogens (tertiary/aromatic N) is 6. The molecule has 0 unspecified atom stereocenters. The third-order valence-electron chi connectivity index (χ3n) is 5.76. The van der Waals surface area contributed by atoms with Crippen molar-refractivity contribution in [1.82, 2.24) is 29.4 Å². The number of amides is 1. The number of likely N-dealkylation sites (tertiary alicyclic amines) is 2. The molecule has 0 aliphatic carbocycles. The fourth-order valence-electron chi connectivity index (χ4n) is 4.14. The van der Waals surface area contributed by atoms with Crippen LogP contribution in [0.3, 0.4) is 0 Å². The monoisotopic (exact) mass is 358 g/mol. The Morgan fingerprint density at radius 2 is 2.12 bits per heavy atom. The number of hydrogen-bond donors (Lipinski definition) is 0. The van der Waals surface area contributed by atoms with Crippen molar-refractivity contribution < 1.29 is 9.53 Å². The first kappa shape index (κ1) is 17.4. The maximum atomic E-state index is 12.2. The van der Waals surface area contributed by atoms with Gasteiger partial charge >= 0.3 is 0 Å². The lowest BCUT2D eigenvalue weighted by molar-refractivity contribution is -0.140. The maximum absolute atomic E-state index is 12.2. The molecule has 0 radical (unpaired) electrons. The first-order valence-electron chi connectivity index (χ1n) is 9.33. The van der Waals surface area contributed by atoms with E-state index in [4.69, 9.17) is 4.74 Å². The smallest absolute Gasteiger partial charge is 0.252 e. The van der Waals surface area contributed by atoms with E-state index in [1.165, 1.54) is 0 Å². The van der Waals surface area contributed by atoms with Crippen LogP contribution in [0.4, 0.5) is 0 Å². The highest BCUT2D eigenvalue weighted by molar-refractivity contribution is 5.77. The number of carbonyl (C=O) groups excluding carboxylic acids is 1. The fourth-order valence-corrected chi connectivity index (χ4v) is 4.14. The van der Waals surface area contributed by atoms with Gasteiger partial charge in [0, 0.05) is 39.0 Å². The van der Waals surface area contributed by atoms with Crippen molar-refractivity contribution in [3.05, 3.63) is 24.3 Å². The number of methoxy groups -OCH3 is 1. The average molecular weight is 358 g/mol. The molecule has 0 bridgehead atoms. The minimum Gasteiger partial charge on any atom is -0.383 e. The summed E-state index contributed by atoms with van der Waals surface area (Å²) in [5.41, 5.74) is 0.270. The number of piperidine rings is 2. The lowest BCUT2D eigenvalue weighted by atomic mass is 9.72. The van der Waals surface area contributed by atoms with Crippen LogP contribution >= 0.6 is 0 Å². The number of rotatable bonds is 5. The molecule has 4 rings (SSSR count). The second kappa shape index (κ2) is 7.28. The van der Waals surface area contributed by atoms with E-state index in [0.29, 0.717) is 25.4 Å². The number of carbonyl (C=O) groups is 1. The summed E-state index contributed by atoms with van der Waals surface area (Å²) in [4.78, 5) is 25.3. The van der Waals surface area contributed by atoms with E-state index >= 15 is 0 Å². The van der Waals surface area contributed by atoms with Crippen LogP contribution < -0.4 is 0 Å². The van der Waals surface area contributed by atoms with E-state index in [1.54, 1.807) is 17.8 Å². The van der Waals surface area contributed by atoms with Gasteiger partial charge in [0.1, 0.15) is 0 Å². The molecule has 140 valence electrons. The van der Waals surface area contributed by atoms with Crippen LogP contribution in [-0.4, -0.2) is 75.2 Å². The predicted molar refractivity (Wildman–Crippen MR) is 95.4 cm³/mol. The SMILES string of the molecule is COCCN1CC2(CCC1=O)CCN(Cc1nc3ncccn3n1)CC2. The third kappa shape index (κ3) is 3.57. The first-order chi connectivity index (χ1) is 12.7. The minimum atomic E-state index is 0.270. The van der Waals surface area contributed by atoms with E-state index in [2.05, 4.69) is 20.0 Å². The van der Waals surface area contributed by atoms with E-state index in [1.807, 2.05) is 17.2 Å². The quantitative estimate of drug-likeness (QED) is 0.793.